The molecule has 0 saturated heterocycles. The third-order valence-corrected chi connectivity index (χ3v) is 2.69. The lowest BCUT2D eigenvalue weighted by atomic mass is 10.2. The smallest absolute Gasteiger partial charge is 0.258 e. The average molecular weight is 265 g/mol. The molecule has 92 valence electrons. The first-order valence-corrected chi connectivity index (χ1v) is 5.56. The first-order valence-electron chi connectivity index (χ1n) is 5.19. The summed E-state index contributed by atoms with van der Waals surface area (Å²) < 4.78 is 13.4. The number of anilines is 2. The molecule has 2 rings (SSSR count). The fraction of sp³-hybridized carbons (Fsp3) is 0. The maximum Gasteiger partial charge on any atom is 0.258 e. The van der Waals surface area contributed by atoms with Crippen molar-refractivity contribution in [3.05, 3.63) is 58.9 Å². The second-order valence-corrected chi connectivity index (χ2v) is 4.08. The summed E-state index contributed by atoms with van der Waals surface area (Å²) >= 11 is 5.90. The highest BCUT2D eigenvalue weighted by Gasteiger charge is 2.12. The standard InChI is InChI=1S/C13H10ClFN2O/c14-10-6-5-8(16)7-12(10)17-13(18)9-3-1-2-4-11(9)15/h1-7H,16H2,(H,17,18). The largest absolute Gasteiger partial charge is 0.399 e. The fourth-order valence-electron chi connectivity index (χ4n) is 1.47. The number of hydrogen-bond donors (Lipinski definition) is 2. The van der Waals surface area contributed by atoms with E-state index in [1.165, 1.54) is 24.3 Å². The van der Waals surface area contributed by atoms with Gasteiger partial charge in [-0.2, -0.15) is 0 Å². The molecule has 0 aliphatic heterocycles. The number of rotatable bonds is 2. The minimum atomic E-state index is -0.588. The summed E-state index contributed by atoms with van der Waals surface area (Å²) in [6, 6.07) is 10.4. The monoisotopic (exact) mass is 264 g/mol. The molecule has 5 heteroatoms. The van der Waals surface area contributed by atoms with Gasteiger partial charge in [-0.25, -0.2) is 4.39 Å². The van der Waals surface area contributed by atoms with Gasteiger partial charge >= 0.3 is 0 Å². The highest BCUT2D eigenvalue weighted by molar-refractivity contribution is 6.34. The van der Waals surface area contributed by atoms with E-state index in [1.54, 1.807) is 18.2 Å². The fourth-order valence-corrected chi connectivity index (χ4v) is 1.64. The van der Waals surface area contributed by atoms with Crippen LogP contribution in [0.5, 0.6) is 0 Å². The summed E-state index contributed by atoms with van der Waals surface area (Å²) in [5.74, 6) is -1.16. The van der Waals surface area contributed by atoms with Gasteiger partial charge in [0, 0.05) is 5.69 Å². The predicted molar refractivity (Wildman–Crippen MR) is 70.2 cm³/mol. The number of benzene rings is 2. The van der Waals surface area contributed by atoms with Crippen LogP contribution in [0.2, 0.25) is 5.02 Å². The summed E-state index contributed by atoms with van der Waals surface area (Å²) in [4.78, 5) is 11.8. The average Bonchev–Trinajstić information content (AvgIpc) is 2.34. The van der Waals surface area contributed by atoms with Crippen LogP contribution in [-0.4, -0.2) is 5.91 Å². The van der Waals surface area contributed by atoms with Crippen LogP contribution >= 0.6 is 11.6 Å². The molecule has 0 aromatic heterocycles. The second kappa shape index (κ2) is 5.06. The Balaban J connectivity index is 2.27. The first-order chi connectivity index (χ1) is 8.58. The normalized spacial score (nSPS) is 10.1. The molecule has 2 aromatic carbocycles. The molecule has 0 atom stereocenters. The Hall–Kier alpha value is -2.07. The lowest BCUT2D eigenvalue weighted by Crippen LogP contribution is -2.14. The van der Waals surface area contributed by atoms with Crippen molar-refractivity contribution in [2.45, 2.75) is 0 Å². The van der Waals surface area contributed by atoms with Gasteiger partial charge in [-0.15, -0.1) is 0 Å². The third-order valence-electron chi connectivity index (χ3n) is 2.36. The van der Waals surface area contributed by atoms with Crippen LogP contribution in [0.1, 0.15) is 10.4 Å². The summed E-state index contributed by atoms with van der Waals surface area (Å²) in [6.45, 7) is 0. The number of amides is 1. The van der Waals surface area contributed by atoms with E-state index in [0.29, 0.717) is 16.4 Å². The van der Waals surface area contributed by atoms with Gasteiger partial charge in [0.25, 0.3) is 5.91 Å². The molecule has 0 aliphatic rings. The molecular weight excluding hydrogens is 255 g/mol. The zero-order chi connectivity index (χ0) is 13.1. The lowest BCUT2D eigenvalue weighted by molar-refractivity contribution is 0.102. The Bertz CT molecular complexity index is 601. The van der Waals surface area contributed by atoms with Crippen molar-refractivity contribution >= 4 is 28.9 Å². The Morgan fingerprint density at radius 1 is 1.22 bits per heavy atom. The number of carbonyl (C=O) groups excluding carboxylic acids is 1. The third kappa shape index (κ3) is 2.60. The Labute approximate surface area is 108 Å². The molecule has 0 bridgehead atoms. The van der Waals surface area contributed by atoms with Crippen LogP contribution in [0.25, 0.3) is 0 Å². The molecule has 1 amide bonds. The zero-order valence-electron chi connectivity index (χ0n) is 9.28. The van der Waals surface area contributed by atoms with Gasteiger partial charge in [-0.05, 0) is 30.3 Å². The summed E-state index contributed by atoms with van der Waals surface area (Å²) in [5.41, 5.74) is 6.36. The first kappa shape index (κ1) is 12.4. The minimum Gasteiger partial charge on any atom is -0.399 e. The van der Waals surface area contributed by atoms with Crippen molar-refractivity contribution in [1.29, 1.82) is 0 Å². The Morgan fingerprint density at radius 3 is 2.67 bits per heavy atom. The van der Waals surface area contributed by atoms with Gasteiger partial charge in [-0.3, -0.25) is 4.79 Å². The maximum absolute atomic E-state index is 13.4. The number of halogens is 2. The predicted octanol–water partition coefficient (Wildman–Crippen LogP) is 3.31. The molecule has 0 unspecified atom stereocenters. The van der Waals surface area contributed by atoms with E-state index in [0.717, 1.165) is 0 Å². The minimum absolute atomic E-state index is 0.0454. The number of hydrogen-bond acceptors (Lipinski definition) is 2. The Kier molecular flexibility index (Phi) is 3.48. The van der Waals surface area contributed by atoms with Crippen molar-refractivity contribution in [1.82, 2.24) is 0 Å². The van der Waals surface area contributed by atoms with Crippen LogP contribution < -0.4 is 11.1 Å². The molecule has 0 saturated carbocycles. The SMILES string of the molecule is Nc1ccc(Cl)c(NC(=O)c2ccccc2F)c1. The molecule has 2 aromatic rings. The van der Waals surface area contributed by atoms with Gasteiger partial charge < -0.3 is 11.1 Å². The van der Waals surface area contributed by atoms with Gasteiger partial charge in [0.1, 0.15) is 5.82 Å². The van der Waals surface area contributed by atoms with E-state index in [2.05, 4.69) is 5.32 Å². The van der Waals surface area contributed by atoms with E-state index in [-0.39, 0.29) is 5.56 Å². The van der Waals surface area contributed by atoms with Crippen molar-refractivity contribution in [3.8, 4) is 0 Å². The van der Waals surface area contributed by atoms with Crippen molar-refractivity contribution in [2.75, 3.05) is 11.1 Å². The van der Waals surface area contributed by atoms with Crippen LogP contribution in [0.3, 0.4) is 0 Å². The van der Waals surface area contributed by atoms with Crippen molar-refractivity contribution in [2.24, 2.45) is 0 Å². The topological polar surface area (TPSA) is 55.1 Å². The summed E-state index contributed by atoms with van der Waals surface area (Å²) in [6.07, 6.45) is 0. The highest BCUT2D eigenvalue weighted by atomic mass is 35.5. The molecular formula is C13H10ClFN2O. The van der Waals surface area contributed by atoms with Crippen molar-refractivity contribution in [3.63, 3.8) is 0 Å². The second-order valence-electron chi connectivity index (χ2n) is 3.67. The molecule has 18 heavy (non-hydrogen) atoms. The number of nitrogen functional groups attached to an aromatic ring is 1. The van der Waals surface area contributed by atoms with Crippen LogP contribution in [0.15, 0.2) is 42.5 Å². The van der Waals surface area contributed by atoms with Crippen molar-refractivity contribution < 1.29 is 9.18 Å². The van der Waals surface area contributed by atoms with E-state index in [1.807, 2.05) is 0 Å². The molecule has 0 aliphatic carbocycles. The van der Waals surface area contributed by atoms with Gasteiger partial charge in [0.15, 0.2) is 0 Å². The molecule has 0 radical (unpaired) electrons. The molecule has 0 heterocycles. The van der Waals surface area contributed by atoms with Gasteiger partial charge in [-0.1, -0.05) is 23.7 Å². The Morgan fingerprint density at radius 2 is 1.94 bits per heavy atom. The zero-order valence-corrected chi connectivity index (χ0v) is 10.0. The van der Waals surface area contributed by atoms with Crippen LogP contribution in [-0.2, 0) is 0 Å². The van der Waals surface area contributed by atoms with Crippen LogP contribution in [0, 0.1) is 5.82 Å². The van der Waals surface area contributed by atoms with Gasteiger partial charge in [0.2, 0.25) is 0 Å². The van der Waals surface area contributed by atoms with E-state index in [9.17, 15) is 9.18 Å². The molecule has 0 spiro atoms. The number of nitrogens with one attached hydrogen (secondary N) is 1. The summed E-state index contributed by atoms with van der Waals surface area (Å²) in [5, 5.41) is 2.86. The lowest BCUT2D eigenvalue weighted by Gasteiger charge is -2.08. The number of carbonyl (C=O) groups is 1. The van der Waals surface area contributed by atoms with Crippen LogP contribution in [0.4, 0.5) is 15.8 Å². The number of nitrogens with two attached hydrogens (primary N) is 1. The molecule has 0 fully saturated rings. The van der Waals surface area contributed by atoms with E-state index < -0.39 is 11.7 Å². The molecule has 3 N–H and O–H groups in total. The molecule has 3 nitrogen and oxygen atoms in total. The summed E-state index contributed by atoms with van der Waals surface area (Å²) in [7, 11) is 0. The van der Waals surface area contributed by atoms with Gasteiger partial charge in [0.05, 0.1) is 16.3 Å². The highest BCUT2D eigenvalue weighted by Crippen LogP contribution is 2.24. The van der Waals surface area contributed by atoms with E-state index >= 15 is 0 Å². The maximum atomic E-state index is 13.4. The van der Waals surface area contributed by atoms with E-state index in [4.69, 9.17) is 17.3 Å². The quantitative estimate of drug-likeness (QED) is 0.818.